The van der Waals surface area contributed by atoms with E-state index in [4.69, 9.17) is 10.5 Å². The van der Waals surface area contributed by atoms with Crippen LogP contribution in [0.25, 0.3) is 0 Å². The van der Waals surface area contributed by atoms with Crippen LogP contribution >= 0.6 is 0 Å². The Bertz CT molecular complexity index is 99.6. The number of rotatable bonds is 3. The molecule has 0 radical (unpaired) electrons. The van der Waals surface area contributed by atoms with Crippen LogP contribution in [0.3, 0.4) is 0 Å². The minimum atomic E-state index is -0.246. The van der Waals surface area contributed by atoms with Crippen molar-refractivity contribution in [3.8, 4) is 0 Å². The van der Waals surface area contributed by atoms with E-state index < -0.39 is 0 Å². The third-order valence-corrected chi connectivity index (χ3v) is 2.11. The number of hydrogen-bond donors (Lipinski definition) is 1. The van der Waals surface area contributed by atoms with Gasteiger partial charge in [-0.1, -0.05) is 0 Å². The molecule has 0 bridgehead atoms. The molecule has 1 fully saturated rings. The van der Waals surface area contributed by atoms with Crippen LogP contribution < -0.4 is 5.73 Å². The standard InChI is InChI=1S/C7H14FNO/c8-2-1-6-4-10-5-7(6)3-9/h6-7H,1-5,9H2. The highest BCUT2D eigenvalue weighted by Gasteiger charge is 2.26. The lowest BCUT2D eigenvalue weighted by Crippen LogP contribution is -2.22. The Kier molecular flexibility index (Phi) is 3.09. The molecule has 10 heavy (non-hydrogen) atoms. The van der Waals surface area contributed by atoms with E-state index in [1.165, 1.54) is 0 Å². The molecule has 1 aliphatic rings. The number of alkyl halides is 1. The van der Waals surface area contributed by atoms with Gasteiger partial charge in [0.15, 0.2) is 0 Å². The van der Waals surface area contributed by atoms with Crippen LogP contribution in [0, 0.1) is 11.8 Å². The maximum atomic E-state index is 11.9. The van der Waals surface area contributed by atoms with Crippen molar-refractivity contribution < 1.29 is 9.13 Å². The summed E-state index contributed by atoms with van der Waals surface area (Å²) in [6.07, 6.45) is 0.613. The SMILES string of the molecule is NCC1COCC1CCF. The van der Waals surface area contributed by atoms with Crippen LogP contribution in [0.2, 0.25) is 0 Å². The zero-order valence-electron chi connectivity index (χ0n) is 6.05. The molecule has 0 spiro atoms. The fourth-order valence-corrected chi connectivity index (χ4v) is 1.36. The summed E-state index contributed by atoms with van der Waals surface area (Å²) < 4.78 is 17.0. The summed E-state index contributed by atoms with van der Waals surface area (Å²) in [4.78, 5) is 0. The highest BCUT2D eigenvalue weighted by molar-refractivity contribution is 4.75. The molecule has 1 aliphatic heterocycles. The van der Waals surface area contributed by atoms with Gasteiger partial charge < -0.3 is 10.5 Å². The summed E-state index contributed by atoms with van der Waals surface area (Å²) in [7, 11) is 0. The van der Waals surface area contributed by atoms with Crippen LogP contribution in [0.4, 0.5) is 4.39 Å². The van der Waals surface area contributed by atoms with Gasteiger partial charge in [-0.25, -0.2) is 0 Å². The summed E-state index contributed by atoms with van der Waals surface area (Å²) in [5.41, 5.74) is 5.45. The molecular formula is C7H14FNO. The van der Waals surface area contributed by atoms with Gasteiger partial charge in [0.25, 0.3) is 0 Å². The molecule has 2 N–H and O–H groups in total. The Morgan fingerprint density at radius 2 is 2.10 bits per heavy atom. The summed E-state index contributed by atoms with van der Waals surface area (Å²) in [5.74, 6) is 0.769. The van der Waals surface area contributed by atoms with Crippen molar-refractivity contribution in [2.45, 2.75) is 6.42 Å². The number of halogens is 1. The lowest BCUT2D eigenvalue weighted by molar-refractivity contribution is 0.178. The lowest BCUT2D eigenvalue weighted by Gasteiger charge is -2.12. The Balaban J connectivity index is 2.27. The Hall–Kier alpha value is -0.150. The van der Waals surface area contributed by atoms with Gasteiger partial charge in [0.1, 0.15) is 0 Å². The molecule has 2 nitrogen and oxygen atoms in total. The van der Waals surface area contributed by atoms with Gasteiger partial charge in [-0.05, 0) is 24.8 Å². The van der Waals surface area contributed by atoms with E-state index >= 15 is 0 Å². The molecule has 2 unspecified atom stereocenters. The second kappa shape index (κ2) is 3.88. The molecule has 60 valence electrons. The van der Waals surface area contributed by atoms with E-state index in [1.807, 2.05) is 0 Å². The molecule has 0 amide bonds. The summed E-state index contributed by atoms with van der Waals surface area (Å²) in [6.45, 7) is 1.81. The zero-order valence-corrected chi connectivity index (χ0v) is 6.05. The van der Waals surface area contributed by atoms with E-state index in [2.05, 4.69) is 0 Å². The van der Waals surface area contributed by atoms with Gasteiger partial charge >= 0.3 is 0 Å². The zero-order chi connectivity index (χ0) is 7.40. The monoisotopic (exact) mass is 147 g/mol. The van der Waals surface area contributed by atoms with Crippen LogP contribution in [-0.2, 0) is 4.74 Å². The molecule has 0 aromatic heterocycles. The van der Waals surface area contributed by atoms with E-state index in [-0.39, 0.29) is 6.67 Å². The van der Waals surface area contributed by atoms with Gasteiger partial charge in [-0.2, -0.15) is 0 Å². The maximum absolute atomic E-state index is 11.9. The highest BCUT2D eigenvalue weighted by atomic mass is 19.1. The van der Waals surface area contributed by atoms with Crippen LogP contribution in [-0.4, -0.2) is 26.4 Å². The van der Waals surface area contributed by atoms with E-state index in [0.717, 1.165) is 6.61 Å². The highest BCUT2D eigenvalue weighted by Crippen LogP contribution is 2.22. The van der Waals surface area contributed by atoms with Crippen molar-refractivity contribution in [1.82, 2.24) is 0 Å². The predicted molar refractivity (Wildman–Crippen MR) is 37.4 cm³/mol. The van der Waals surface area contributed by atoms with E-state index in [1.54, 1.807) is 0 Å². The average Bonchev–Trinajstić information content (AvgIpc) is 2.36. The normalized spacial score (nSPS) is 33.0. The van der Waals surface area contributed by atoms with Crippen molar-refractivity contribution in [1.29, 1.82) is 0 Å². The largest absolute Gasteiger partial charge is 0.381 e. The Labute approximate surface area is 60.5 Å². The third-order valence-electron chi connectivity index (χ3n) is 2.11. The first kappa shape index (κ1) is 7.95. The summed E-state index contributed by atoms with van der Waals surface area (Å²) in [6, 6.07) is 0. The fourth-order valence-electron chi connectivity index (χ4n) is 1.36. The van der Waals surface area contributed by atoms with Crippen molar-refractivity contribution in [2.75, 3.05) is 26.4 Å². The first-order chi connectivity index (χ1) is 4.88. The van der Waals surface area contributed by atoms with Crippen LogP contribution in [0.15, 0.2) is 0 Å². The molecule has 2 atom stereocenters. The van der Waals surface area contributed by atoms with E-state index in [9.17, 15) is 4.39 Å². The van der Waals surface area contributed by atoms with Gasteiger partial charge in [0.2, 0.25) is 0 Å². The molecule has 1 rings (SSSR count). The molecule has 1 heterocycles. The van der Waals surface area contributed by atoms with Crippen molar-refractivity contribution in [3.05, 3.63) is 0 Å². The third kappa shape index (κ3) is 1.67. The van der Waals surface area contributed by atoms with Gasteiger partial charge in [0.05, 0.1) is 13.3 Å². The minimum absolute atomic E-state index is 0.246. The lowest BCUT2D eigenvalue weighted by atomic mass is 9.94. The average molecular weight is 147 g/mol. The molecule has 0 saturated carbocycles. The molecule has 0 aromatic carbocycles. The van der Waals surface area contributed by atoms with Gasteiger partial charge in [0, 0.05) is 6.61 Å². The Morgan fingerprint density at radius 1 is 1.40 bits per heavy atom. The first-order valence-electron chi connectivity index (χ1n) is 3.72. The smallest absolute Gasteiger partial charge is 0.0898 e. The van der Waals surface area contributed by atoms with Crippen molar-refractivity contribution in [3.63, 3.8) is 0 Å². The molecule has 0 aliphatic carbocycles. The topological polar surface area (TPSA) is 35.2 Å². The first-order valence-corrected chi connectivity index (χ1v) is 3.72. The van der Waals surface area contributed by atoms with Crippen molar-refractivity contribution in [2.24, 2.45) is 17.6 Å². The molecular weight excluding hydrogens is 133 g/mol. The second-order valence-corrected chi connectivity index (χ2v) is 2.77. The summed E-state index contributed by atoms with van der Waals surface area (Å²) in [5, 5.41) is 0. The van der Waals surface area contributed by atoms with Gasteiger partial charge in [-0.15, -0.1) is 0 Å². The predicted octanol–water partition coefficient (Wildman–Crippen LogP) is 0.567. The fraction of sp³-hybridized carbons (Fsp3) is 1.00. The van der Waals surface area contributed by atoms with E-state index in [0.29, 0.717) is 31.4 Å². The summed E-state index contributed by atoms with van der Waals surface area (Å²) >= 11 is 0. The van der Waals surface area contributed by atoms with Crippen LogP contribution in [0.5, 0.6) is 0 Å². The molecule has 0 aromatic rings. The second-order valence-electron chi connectivity index (χ2n) is 2.77. The quantitative estimate of drug-likeness (QED) is 0.633. The number of hydrogen-bond acceptors (Lipinski definition) is 2. The van der Waals surface area contributed by atoms with Gasteiger partial charge in [-0.3, -0.25) is 4.39 Å². The van der Waals surface area contributed by atoms with Crippen LogP contribution in [0.1, 0.15) is 6.42 Å². The molecule has 3 heteroatoms. The Morgan fingerprint density at radius 3 is 2.70 bits per heavy atom. The minimum Gasteiger partial charge on any atom is -0.381 e. The molecule has 1 saturated heterocycles. The maximum Gasteiger partial charge on any atom is 0.0898 e. The number of nitrogens with two attached hydrogens (primary N) is 1. The number of ether oxygens (including phenoxy) is 1. The van der Waals surface area contributed by atoms with Crippen molar-refractivity contribution >= 4 is 0 Å².